The van der Waals surface area contributed by atoms with Crippen LogP contribution in [-0.2, 0) is 16.4 Å². The van der Waals surface area contributed by atoms with E-state index in [1.165, 1.54) is 12.3 Å². The van der Waals surface area contributed by atoms with Crippen molar-refractivity contribution < 1.29 is 31.1 Å². The summed E-state index contributed by atoms with van der Waals surface area (Å²) in [7, 11) is -5.54. The normalized spacial score (nSPS) is 12.3. The average molecular weight is 417 g/mol. The number of aromatic hydroxyl groups is 1. The molecule has 0 unspecified atom stereocenters. The molecule has 0 radical (unpaired) electrons. The number of halogens is 4. The van der Waals surface area contributed by atoms with Crippen molar-refractivity contribution in [2.75, 3.05) is 0 Å². The van der Waals surface area contributed by atoms with Crippen LogP contribution < -0.4 is 5.69 Å². The first-order chi connectivity index (χ1) is 13.0. The number of nitrogens with zero attached hydrogens (tertiary/aromatic N) is 3. The van der Waals surface area contributed by atoms with Crippen LogP contribution in [0.5, 0.6) is 5.88 Å². The summed E-state index contributed by atoms with van der Waals surface area (Å²) in [6, 6.07) is 4.56. The van der Waals surface area contributed by atoms with E-state index in [4.69, 9.17) is 0 Å². The zero-order valence-electron chi connectivity index (χ0n) is 13.8. The van der Waals surface area contributed by atoms with Gasteiger partial charge in [-0.1, -0.05) is 0 Å². The maximum Gasteiger partial charge on any atom is 0.501 e. The molecule has 7 nitrogen and oxygen atoms in total. The van der Waals surface area contributed by atoms with Gasteiger partial charge in [-0.15, -0.1) is 0 Å². The number of sulfone groups is 1. The summed E-state index contributed by atoms with van der Waals surface area (Å²) in [5, 5.41) is 10.0. The molecular weight excluding hydrogens is 406 g/mol. The first-order valence-corrected chi connectivity index (χ1v) is 9.02. The van der Waals surface area contributed by atoms with E-state index in [2.05, 4.69) is 4.98 Å². The van der Waals surface area contributed by atoms with Crippen molar-refractivity contribution in [3.05, 3.63) is 70.8 Å². The summed E-state index contributed by atoms with van der Waals surface area (Å²) < 4.78 is 76.0. The van der Waals surface area contributed by atoms with Crippen molar-refractivity contribution in [1.29, 1.82) is 0 Å². The third-order valence-electron chi connectivity index (χ3n) is 3.84. The van der Waals surface area contributed by atoms with E-state index < -0.39 is 37.6 Å². The molecule has 0 amide bonds. The number of hydrogen-bond donors (Lipinski definition) is 1. The molecule has 0 atom stereocenters. The molecule has 0 aliphatic rings. The van der Waals surface area contributed by atoms with Gasteiger partial charge in [0.25, 0.3) is 9.84 Å². The fourth-order valence-electron chi connectivity index (χ4n) is 2.46. The summed E-state index contributed by atoms with van der Waals surface area (Å²) >= 11 is 0. The third kappa shape index (κ3) is 3.38. The van der Waals surface area contributed by atoms with Gasteiger partial charge >= 0.3 is 11.2 Å². The standard InChI is InChI=1S/C16H11F4N3O4S/c17-13-7-21-6-5-10(13)8-22-9-14(24)23(15(22)25)11-1-3-12(4-2-11)28(26,27)16(18,19)20/h1-7,9,24H,8H2. The first kappa shape index (κ1) is 19.6. The van der Waals surface area contributed by atoms with Crippen LogP contribution in [0.2, 0.25) is 0 Å². The van der Waals surface area contributed by atoms with Gasteiger partial charge in [0.2, 0.25) is 5.88 Å². The summed E-state index contributed by atoms with van der Waals surface area (Å²) in [6.07, 6.45) is 3.29. The van der Waals surface area contributed by atoms with Gasteiger partial charge in [0.15, 0.2) is 0 Å². The van der Waals surface area contributed by atoms with Crippen LogP contribution in [0.1, 0.15) is 5.56 Å². The van der Waals surface area contributed by atoms with Crippen molar-refractivity contribution in [2.45, 2.75) is 16.9 Å². The van der Waals surface area contributed by atoms with Crippen molar-refractivity contribution in [3.63, 3.8) is 0 Å². The molecule has 0 saturated heterocycles. The molecule has 1 N–H and O–H groups in total. The Morgan fingerprint density at radius 2 is 1.75 bits per heavy atom. The molecule has 0 bridgehead atoms. The molecule has 1 aromatic carbocycles. The van der Waals surface area contributed by atoms with Crippen LogP contribution in [-0.4, -0.2) is 33.2 Å². The lowest BCUT2D eigenvalue weighted by atomic mass is 10.2. The zero-order valence-corrected chi connectivity index (χ0v) is 14.6. The Morgan fingerprint density at radius 1 is 1.11 bits per heavy atom. The van der Waals surface area contributed by atoms with Gasteiger partial charge in [-0.25, -0.2) is 22.2 Å². The fraction of sp³-hybridized carbons (Fsp3) is 0.125. The van der Waals surface area contributed by atoms with Gasteiger partial charge in [0, 0.05) is 11.8 Å². The Hall–Kier alpha value is -3.15. The second-order valence-electron chi connectivity index (χ2n) is 5.64. The lowest BCUT2D eigenvalue weighted by Crippen LogP contribution is -2.24. The number of imidazole rings is 1. The number of aromatic nitrogens is 3. The van der Waals surface area contributed by atoms with E-state index in [1.807, 2.05) is 0 Å². The first-order valence-electron chi connectivity index (χ1n) is 7.53. The maximum atomic E-state index is 13.7. The zero-order chi connectivity index (χ0) is 20.7. The number of benzene rings is 1. The Balaban J connectivity index is 1.98. The van der Waals surface area contributed by atoms with Gasteiger partial charge in [-0.3, -0.25) is 9.55 Å². The molecule has 0 fully saturated rings. The van der Waals surface area contributed by atoms with Gasteiger partial charge in [-0.2, -0.15) is 13.2 Å². The van der Waals surface area contributed by atoms with Crippen molar-refractivity contribution >= 4 is 9.84 Å². The van der Waals surface area contributed by atoms with Crippen LogP contribution >= 0.6 is 0 Å². The van der Waals surface area contributed by atoms with Crippen LogP contribution in [0.15, 0.2) is 58.6 Å². The second kappa shape index (κ2) is 6.78. The predicted molar refractivity (Wildman–Crippen MR) is 88.2 cm³/mol. The van der Waals surface area contributed by atoms with Crippen LogP contribution in [0, 0.1) is 5.82 Å². The quantitative estimate of drug-likeness (QED) is 0.657. The largest absolute Gasteiger partial charge is 0.501 e. The van der Waals surface area contributed by atoms with E-state index in [9.17, 15) is 35.9 Å². The Bertz CT molecular complexity index is 1180. The van der Waals surface area contributed by atoms with E-state index in [0.717, 1.165) is 33.7 Å². The molecular formula is C16H11F4N3O4S. The predicted octanol–water partition coefficient (Wildman–Crippen LogP) is 2.22. The van der Waals surface area contributed by atoms with E-state index in [0.29, 0.717) is 12.1 Å². The van der Waals surface area contributed by atoms with Gasteiger partial charge in [0.1, 0.15) is 5.82 Å². The number of rotatable bonds is 4. The Kier molecular flexibility index (Phi) is 4.75. The van der Waals surface area contributed by atoms with Crippen molar-refractivity contribution in [1.82, 2.24) is 14.1 Å². The smallest absolute Gasteiger partial charge is 0.493 e. The third-order valence-corrected chi connectivity index (χ3v) is 5.35. The Morgan fingerprint density at radius 3 is 2.32 bits per heavy atom. The van der Waals surface area contributed by atoms with E-state index in [-0.39, 0.29) is 17.8 Å². The molecule has 3 rings (SSSR count). The van der Waals surface area contributed by atoms with E-state index in [1.54, 1.807) is 0 Å². The molecule has 2 heterocycles. The molecule has 0 saturated carbocycles. The minimum Gasteiger partial charge on any atom is -0.493 e. The maximum absolute atomic E-state index is 13.7. The molecule has 0 aliphatic heterocycles. The summed E-state index contributed by atoms with van der Waals surface area (Å²) in [5.74, 6) is -1.23. The van der Waals surface area contributed by atoms with Crippen LogP contribution in [0.4, 0.5) is 17.6 Å². The lowest BCUT2D eigenvalue weighted by Gasteiger charge is -2.09. The molecule has 0 spiro atoms. The molecule has 0 aliphatic carbocycles. The van der Waals surface area contributed by atoms with Crippen molar-refractivity contribution in [3.8, 4) is 11.6 Å². The van der Waals surface area contributed by atoms with Gasteiger partial charge < -0.3 is 5.11 Å². The highest BCUT2D eigenvalue weighted by molar-refractivity contribution is 7.92. The molecule has 2 aromatic heterocycles. The van der Waals surface area contributed by atoms with Gasteiger partial charge in [0.05, 0.1) is 29.5 Å². The van der Waals surface area contributed by atoms with Gasteiger partial charge in [-0.05, 0) is 30.3 Å². The van der Waals surface area contributed by atoms with Crippen LogP contribution in [0.3, 0.4) is 0 Å². The fourth-order valence-corrected chi connectivity index (χ4v) is 3.22. The average Bonchev–Trinajstić information content (AvgIpc) is 2.89. The van der Waals surface area contributed by atoms with E-state index >= 15 is 0 Å². The molecule has 3 aromatic rings. The molecule has 12 heteroatoms. The molecule has 28 heavy (non-hydrogen) atoms. The highest BCUT2D eigenvalue weighted by Crippen LogP contribution is 2.30. The number of pyridine rings is 1. The van der Waals surface area contributed by atoms with Crippen LogP contribution in [0.25, 0.3) is 5.69 Å². The lowest BCUT2D eigenvalue weighted by molar-refractivity contribution is -0.0436. The number of alkyl halides is 3. The Labute approximate surface area is 155 Å². The number of hydrogen-bond acceptors (Lipinski definition) is 5. The summed E-state index contributed by atoms with van der Waals surface area (Å²) in [6.45, 7) is -0.228. The van der Waals surface area contributed by atoms with Crippen molar-refractivity contribution in [2.24, 2.45) is 0 Å². The molecule has 148 valence electrons. The highest BCUT2D eigenvalue weighted by atomic mass is 32.2. The minimum atomic E-state index is -5.54. The highest BCUT2D eigenvalue weighted by Gasteiger charge is 2.46. The SMILES string of the molecule is O=c1n(Cc2ccncc2F)cc(O)n1-c1ccc(S(=O)(=O)C(F)(F)F)cc1. The topological polar surface area (TPSA) is 94.2 Å². The summed E-state index contributed by atoms with van der Waals surface area (Å²) in [5.41, 5.74) is -6.22. The minimum absolute atomic E-state index is 0.0717. The monoisotopic (exact) mass is 417 g/mol. The summed E-state index contributed by atoms with van der Waals surface area (Å²) in [4.78, 5) is 15.0. The second-order valence-corrected chi connectivity index (χ2v) is 7.58.